The van der Waals surface area contributed by atoms with Gasteiger partial charge >= 0.3 is 6.18 Å². The Morgan fingerprint density at radius 1 is 1.18 bits per heavy atom. The smallest absolute Gasteiger partial charge is 0.330 e. The molecule has 0 unspecified atom stereocenters. The van der Waals surface area contributed by atoms with Gasteiger partial charge < -0.3 is 5.73 Å². The van der Waals surface area contributed by atoms with Crippen molar-refractivity contribution in [2.45, 2.75) is 26.4 Å². The monoisotopic (exact) mass is 249 g/mol. The van der Waals surface area contributed by atoms with Crippen LogP contribution in [-0.2, 0) is 12.6 Å². The van der Waals surface area contributed by atoms with Gasteiger partial charge in [0.25, 0.3) is 0 Å². The van der Waals surface area contributed by atoms with Crippen molar-refractivity contribution < 1.29 is 17.6 Å². The van der Waals surface area contributed by atoms with Crippen LogP contribution >= 0.6 is 0 Å². The molecule has 0 saturated heterocycles. The summed E-state index contributed by atoms with van der Waals surface area (Å²) in [6, 6.07) is 2.45. The lowest BCUT2D eigenvalue weighted by molar-refractivity contribution is -0.137. The van der Waals surface area contributed by atoms with Crippen LogP contribution in [0.15, 0.2) is 18.2 Å². The maximum absolute atomic E-state index is 13.4. The summed E-state index contributed by atoms with van der Waals surface area (Å²) in [4.78, 5) is 0. The fourth-order valence-corrected chi connectivity index (χ4v) is 1.47. The van der Waals surface area contributed by atoms with Gasteiger partial charge in [0.05, 0.1) is 5.56 Å². The molecule has 17 heavy (non-hydrogen) atoms. The number of hydrogen-bond acceptors (Lipinski definition) is 1. The van der Waals surface area contributed by atoms with Crippen molar-refractivity contribution >= 4 is 0 Å². The predicted molar refractivity (Wildman–Crippen MR) is 57.9 cm³/mol. The lowest BCUT2D eigenvalue weighted by atomic mass is 9.85. The third kappa shape index (κ3) is 3.70. The van der Waals surface area contributed by atoms with Gasteiger partial charge in [-0.25, -0.2) is 4.39 Å². The minimum absolute atomic E-state index is 0.0512. The summed E-state index contributed by atoms with van der Waals surface area (Å²) in [5, 5.41) is 0. The zero-order valence-electron chi connectivity index (χ0n) is 9.74. The molecule has 0 aliphatic heterocycles. The molecule has 1 aromatic rings. The van der Waals surface area contributed by atoms with Crippen LogP contribution in [0.1, 0.15) is 25.0 Å². The molecule has 0 saturated carbocycles. The maximum Gasteiger partial charge on any atom is 0.416 e. The Balaban J connectivity index is 3.08. The number of nitrogens with two attached hydrogens (primary N) is 1. The highest BCUT2D eigenvalue weighted by Gasteiger charge is 2.31. The average molecular weight is 249 g/mol. The molecule has 0 atom stereocenters. The topological polar surface area (TPSA) is 26.0 Å². The summed E-state index contributed by atoms with van der Waals surface area (Å²) >= 11 is 0. The molecule has 1 rings (SSSR count). The summed E-state index contributed by atoms with van der Waals surface area (Å²) in [7, 11) is 0. The van der Waals surface area contributed by atoms with Crippen molar-refractivity contribution in [3.05, 3.63) is 35.1 Å². The van der Waals surface area contributed by atoms with E-state index in [4.69, 9.17) is 5.73 Å². The Kier molecular flexibility index (Phi) is 3.81. The maximum atomic E-state index is 13.4. The van der Waals surface area contributed by atoms with Crippen molar-refractivity contribution in [1.29, 1.82) is 0 Å². The van der Waals surface area contributed by atoms with E-state index < -0.39 is 23.0 Å². The summed E-state index contributed by atoms with van der Waals surface area (Å²) in [6.45, 7) is 3.85. The van der Waals surface area contributed by atoms with Crippen molar-refractivity contribution in [2.24, 2.45) is 11.1 Å². The second-order valence-electron chi connectivity index (χ2n) is 4.85. The van der Waals surface area contributed by atoms with E-state index in [1.807, 2.05) is 0 Å². The molecule has 0 radical (unpaired) electrons. The van der Waals surface area contributed by atoms with E-state index in [0.29, 0.717) is 0 Å². The molecule has 0 aromatic heterocycles. The van der Waals surface area contributed by atoms with Crippen molar-refractivity contribution in [3.8, 4) is 0 Å². The standard InChI is InChI=1S/C12H15F4N/c1-11(2,7-17)6-8-5-9(12(14,15)16)3-4-10(8)13/h3-5H,6-7,17H2,1-2H3. The van der Waals surface area contributed by atoms with Crippen LogP contribution < -0.4 is 5.73 Å². The van der Waals surface area contributed by atoms with Crippen LogP contribution in [-0.4, -0.2) is 6.54 Å². The van der Waals surface area contributed by atoms with Gasteiger partial charge in [-0.2, -0.15) is 13.2 Å². The largest absolute Gasteiger partial charge is 0.416 e. The van der Waals surface area contributed by atoms with Gasteiger partial charge in [0.15, 0.2) is 0 Å². The molecule has 0 aliphatic carbocycles. The van der Waals surface area contributed by atoms with Gasteiger partial charge in [-0.15, -0.1) is 0 Å². The van der Waals surface area contributed by atoms with Crippen LogP contribution in [0.5, 0.6) is 0 Å². The Labute approximate surface area is 97.6 Å². The first-order chi connectivity index (χ1) is 7.65. The van der Waals surface area contributed by atoms with E-state index in [1.165, 1.54) is 0 Å². The highest BCUT2D eigenvalue weighted by atomic mass is 19.4. The van der Waals surface area contributed by atoms with E-state index in [1.54, 1.807) is 13.8 Å². The van der Waals surface area contributed by atoms with Gasteiger partial charge in [0.2, 0.25) is 0 Å². The van der Waals surface area contributed by atoms with Crippen molar-refractivity contribution in [1.82, 2.24) is 0 Å². The molecule has 5 heteroatoms. The zero-order chi connectivity index (χ0) is 13.3. The minimum Gasteiger partial charge on any atom is -0.330 e. The first-order valence-electron chi connectivity index (χ1n) is 5.21. The molecule has 0 aliphatic rings. The number of benzene rings is 1. The number of hydrogen-bond donors (Lipinski definition) is 1. The number of rotatable bonds is 3. The summed E-state index contributed by atoms with van der Waals surface area (Å²) < 4.78 is 50.8. The van der Waals surface area contributed by atoms with Crippen LogP contribution in [0, 0.1) is 11.2 Å². The molecular formula is C12H15F4N. The van der Waals surface area contributed by atoms with Crippen LogP contribution in [0.2, 0.25) is 0 Å². The second kappa shape index (κ2) is 4.64. The first kappa shape index (κ1) is 14.0. The molecular weight excluding hydrogens is 234 g/mol. The molecule has 1 nitrogen and oxygen atoms in total. The molecule has 0 heterocycles. The van der Waals surface area contributed by atoms with Gasteiger partial charge in [-0.3, -0.25) is 0 Å². The fraction of sp³-hybridized carbons (Fsp3) is 0.500. The van der Waals surface area contributed by atoms with Gasteiger partial charge in [-0.05, 0) is 42.1 Å². The van der Waals surface area contributed by atoms with Crippen molar-refractivity contribution in [3.63, 3.8) is 0 Å². The molecule has 0 amide bonds. The SMILES string of the molecule is CC(C)(CN)Cc1cc(C(F)(F)F)ccc1F. The van der Waals surface area contributed by atoms with Crippen LogP contribution in [0.4, 0.5) is 17.6 Å². The normalized spacial score (nSPS) is 12.9. The molecule has 2 N–H and O–H groups in total. The molecule has 0 fully saturated rings. The minimum atomic E-state index is -4.45. The van der Waals surface area contributed by atoms with E-state index >= 15 is 0 Å². The third-order valence-electron chi connectivity index (χ3n) is 2.59. The third-order valence-corrected chi connectivity index (χ3v) is 2.59. The Hall–Kier alpha value is -1.10. The highest BCUT2D eigenvalue weighted by Crippen LogP contribution is 2.32. The fourth-order valence-electron chi connectivity index (χ4n) is 1.47. The van der Waals surface area contributed by atoms with Gasteiger partial charge in [-0.1, -0.05) is 13.8 Å². The predicted octanol–water partition coefficient (Wildman–Crippen LogP) is 3.37. The van der Waals surface area contributed by atoms with E-state index in [0.717, 1.165) is 18.2 Å². The quantitative estimate of drug-likeness (QED) is 0.816. The second-order valence-corrected chi connectivity index (χ2v) is 4.85. The van der Waals surface area contributed by atoms with Crippen LogP contribution in [0.3, 0.4) is 0 Å². The molecule has 96 valence electrons. The summed E-state index contributed by atoms with van der Waals surface area (Å²) in [5.41, 5.74) is 4.28. The molecule has 0 spiro atoms. The van der Waals surface area contributed by atoms with Gasteiger partial charge in [0.1, 0.15) is 5.82 Å². The molecule has 0 bridgehead atoms. The van der Waals surface area contributed by atoms with E-state index in [9.17, 15) is 17.6 Å². The van der Waals surface area contributed by atoms with E-state index in [-0.39, 0.29) is 18.5 Å². The summed E-state index contributed by atoms with van der Waals surface area (Å²) in [6.07, 6.45) is -4.27. The summed E-state index contributed by atoms with van der Waals surface area (Å²) in [5.74, 6) is -0.625. The first-order valence-corrected chi connectivity index (χ1v) is 5.21. The van der Waals surface area contributed by atoms with Crippen molar-refractivity contribution in [2.75, 3.05) is 6.54 Å². The zero-order valence-corrected chi connectivity index (χ0v) is 9.74. The lowest BCUT2D eigenvalue weighted by Gasteiger charge is -2.23. The Morgan fingerprint density at radius 2 is 1.76 bits per heavy atom. The highest BCUT2D eigenvalue weighted by molar-refractivity contribution is 5.28. The number of halogens is 4. The molecule has 1 aromatic carbocycles. The van der Waals surface area contributed by atoms with Gasteiger partial charge in [0, 0.05) is 0 Å². The lowest BCUT2D eigenvalue weighted by Crippen LogP contribution is -2.26. The number of alkyl halides is 3. The Bertz CT molecular complexity index is 396. The average Bonchev–Trinajstić information content (AvgIpc) is 2.19. The Morgan fingerprint density at radius 3 is 2.24 bits per heavy atom. The van der Waals surface area contributed by atoms with E-state index in [2.05, 4.69) is 0 Å². The van der Waals surface area contributed by atoms with Crippen LogP contribution in [0.25, 0.3) is 0 Å².